The van der Waals surface area contributed by atoms with Gasteiger partial charge < -0.3 is 0 Å². The second-order valence-corrected chi connectivity index (χ2v) is 9.15. The zero-order chi connectivity index (χ0) is 15.9. The van der Waals surface area contributed by atoms with Crippen LogP contribution in [0.3, 0.4) is 0 Å². The molecule has 0 atom stereocenters. The Bertz CT molecular complexity index is 536. The van der Waals surface area contributed by atoms with Crippen molar-refractivity contribution in [2.75, 3.05) is 11.5 Å². The van der Waals surface area contributed by atoms with Crippen molar-refractivity contribution in [3.63, 3.8) is 0 Å². The van der Waals surface area contributed by atoms with E-state index in [-0.39, 0.29) is 0 Å². The molecule has 0 bridgehead atoms. The summed E-state index contributed by atoms with van der Waals surface area (Å²) in [4.78, 5) is 0. The Morgan fingerprint density at radius 3 is 1.18 bits per heavy atom. The quantitative estimate of drug-likeness (QED) is 0.342. The van der Waals surface area contributed by atoms with E-state index in [1.807, 2.05) is 45.9 Å². The van der Waals surface area contributed by atoms with E-state index in [0.29, 0.717) is 20.1 Å². The molecule has 0 aliphatic heterocycles. The van der Waals surface area contributed by atoms with Gasteiger partial charge in [-0.1, -0.05) is 68.0 Å². The monoisotopic (exact) mass is 410 g/mol. The zero-order valence-electron chi connectivity index (χ0n) is 11.6. The van der Waals surface area contributed by atoms with Crippen LogP contribution in [0.4, 0.5) is 0 Å². The average Bonchev–Trinajstić information content (AvgIpc) is 2.40. The van der Waals surface area contributed by atoms with E-state index in [9.17, 15) is 0 Å². The van der Waals surface area contributed by atoms with E-state index in [1.165, 1.54) is 11.1 Å². The van der Waals surface area contributed by atoms with E-state index in [0.717, 1.165) is 24.3 Å². The van der Waals surface area contributed by atoms with E-state index in [4.69, 9.17) is 46.4 Å². The van der Waals surface area contributed by atoms with Crippen LogP contribution in [-0.4, -0.2) is 11.5 Å². The Morgan fingerprint density at radius 2 is 0.864 bits per heavy atom. The first-order valence-electron chi connectivity index (χ1n) is 6.67. The summed E-state index contributed by atoms with van der Waals surface area (Å²) in [6, 6.07) is 11.4. The number of benzene rings is 2. The molecular weight excluding hydrogens is 398 g/mol. The summed E-state index contributed by atoms with van der Waals surface area (Å²) in [6.07, 6.45) is 1.92. The van der Waals surface area contributed by atoms with Crippen LogP contribution in [0.2, 0.25) is 20.1 Å². The van der Waals surface area contributed by atoms with E-state index in [1.54, 1.807) is 12.1 Å². The van der Waals surface area contributed by atoms with Crippen molar-refractivity contribution in [2.24, 2.45) is 0 Å². The van der Waals surface area contributed by atoms with Gasteiger partial charge >= 0.3 is 0 Å². The van der Waals surface area contributed by atoms with Crippen molar-refractivity contribution < 1.29 is 0 Å². The fourth-order valence-corrected chi connectivity index (χ4v) is 5.17. The first kappa shape index (κ1) is 18.6. The van der Waals surface area contributed by atoms with Crippen molar-refractivity contribution in [1.29, 1.82) is 0 Å². The van der Waals surface area contributed by atoms with Crippen molar-refractivity contribution in [1.82, 2.24) is 0 Å². The van der Waals surface area contributed by atoms with Crippen LogP contribution in [0.5, 0.6) is 0 Å². The smallest absolute Gasteiger partial charge is 0.0423 e. The highest BCUT2D eigenvalue weighted by molar-refractivity contribution is 8.76. The largest absolute Gasteiger partial charge is 0.0938 e. The van der Waals surface area contributed by atoms with Gasteiger partial charge in [-0.2, -0.15) is 0 Å². The van der Waals surface area contributed by atoms with Crippen LogP contribution in [-0.2, 0) is 12.8 Å². The van der Waals surface area contributed by atoms with Crippen LogP contribution in [0.1, 0.15) is 11.1 Å². The molecule has 0 nitrogen and oxygen atoms in total. The topological polar surface area (TPSA) is 0 Å². The molecule has 0 unspecified atom stereocenters. The van der Waals surface area contributed by atoms with Gasteiger partial charge in [0.2, 0.25) is 0 Å². The number of aryl methyl sites for hydroxylation is 2. The lowest BCUT2D eigenvalue weighted by molar-refractivity contribution is 1.16. The van der Waals surface area contributed by atoms with Gasteiger partial charge in [0.25, 0.3) is 0 Å². The molecule has 0 N–H and O–H groups in total. The maximum atomic E-state index is 5.99. The third-order valence-corrected chi connectivity index (χ3v) is 6.16. The van der Waals surface area contributed by atoms with Gasteiger partial charge in [0, 0.05) is 31.6 Å². The summed E-state index contributed by atoms with van der Waals surface area (Å²) in [6.45, 7) is 0. The second kappa shape index (κ2) is 9.56. The lowest BCUT2D eigenvalue weighted by atomic mass is 10.2. The number of hydrogen-bond acceptors (Lipinski definition) is 2. The van der Waals surface area contributed by atoms with Crippen LogP contribution >= 0.6 is 68.0 Å². The zero-order valence-corrected chi connectivity index (χ0v) is 16.3. The maximum Gasteiger partial charge on any atom is 0.0423 e. The van der Waals surface area contributed by atoms with Gasteiger partial charge in [-0.3, -0.25) is 0 Å². The Hall–Kier alpha value is 0.300. The van der Waals surface area contributed by atoms with E-state index in [2.05, 4.69) is 0 Å². The first-order valence-corrected chi connectivity index (χ1v) is 10.7. The Kier molecular flexibility index (Phi) is 8.10. The first-order chi connectivity index (χ1) is 10.5. The minimum absolute atomic E-state index is 0.693. The number of hydrogen-bond donors (Lipinski definition) is 0. The second-order valence-electron chi connectivity index (χ2n) is 4.70. The SMILES string of the molecule is Clc1cc(Cl)cc(CCSSCCc2cc(Cl)cc(Cl)c2)c1. The van der Waals surface area contributed by atoms with Crippen molar-refractivity contribution in [3.05, 3.63) is 67.6 Å². The molecule has 0 aliphatic carbocycles. The fourth-order valence-electron chi connectivity index (χ4n) is 1.95. The molecule has 0 amide bonds. The van der Waals surface area contributed by atoms with E-state index < -0.39 is 0 Å². The molecule has 0 radical (unpaired) electrons. The molecule has 2 rings (SSSR count). The molecule has 0 aromatic heterocycles. The molecule has 0 spiro atoms. The van der Waals surface area contributed by atoms with Crippen molar-refractivity contribution >= 4 is 68.0 Å². The predicted molar refractivity (Wildman–Crippen MR) is 105 cm³/mol. The third-order valence-electron chi connectivity index (χ3n) is 2.88. The lowest BCUT2D eigenvalue weighted by Crippen LogP contribution is -1.90. The highest BCUT2D eigenvalue weighted by atomic mass is 35.5. The maximum absolute atomic E-state index is 5.99. The standard InChI is InChI=1S/C16H14Cl4S2/c17-13-5-11(6-14(18)9-13)1-3-21-22-4-2-12-7-15(19)10-16(20)8-12/h5-10H,1-4H2. The van der Waals surface area contributed by atoms with Crippen LogP contribution < -0.4 is 0 Å². The van der Waals surface area contributed by atoms with Crippen LogP contribution in [0.15, 0.2) is 36.4 Å². The van der Waals surface area contributed by atoms with Gasteiger partial charge in [0.1, 0.15) is 0 Å². The lowest BCUT2D eigenvalue weighted by Gasteiger charge is -2.05. The third kappa shape index (κ3) is 6.82. The molecule has 0 heterocycles. The Morgan fingerprint density at radius 1 is 0.545 bits per heavy atom. The van der Waals surface area contributed by atoms with Crippen molar-refractivity contribution in [2.45, 2.75) is 12.8 Å². The van der Waals surface area contributed by atoms with Gasteiger partial charge in [-0.25, -0.2) is 0 Å². The highest BCUT2D eigenvalue weighted by Crippen LogP contribution is 2.26. The summed E-state index contributed by atoms with van der Waals surface area (Å²) >= 11 is 24.0. The fraction of sp³-hybridized carbons (Fsp3) is 0.250. The number of rotatable bonds is 7. The van der Waals surface area contributed by atoms with E-state index >= 15 is 0 Å². The molecule has 2 aromatic rings. The van der Waals surface area contributed by atoms with Gasteiger partial charge in [0.05, 0.1) is 0 Å². The minimum atomic E-state index is 0.693. The summed E-state index contributed by atoms with van der Waals surface area (Å²) in [5.41, 5.74) is 2.35. The molecule has 22 heavy (non-hydrogen) atoms. The Labute approximate surface area is 159 Å². The predicted octanol–water partition coefficient (Wildman–Crippen LogP) is 7.47. The molecule has 6 heteroatoms. The molecule has 2 aromatic carbocycles. The molecule has 118 valence electrons. The van der Waals surface area contributed by atoms with Crippen LogP contribution in [0.25, 0.3) is 0 Å². The molecule has 0 saturated carbocycles. The van der Waals surface area contributed by atoms with Crippen LogP contribution in [0, 0.1) is 0 Å². The molecule has 0 fully saturated rings. The summed E-state index contributed by atoms with van der Waals surface area (Å²) in [7, 11) is 3.70. The van der Waals surface area contributed by atoms with Crippen molar-refractivity contribution in [3.8, 4) is 0 Å². The minimum Gasteiger partial charge on any atom is -0.0938 e. The normalized spacial score (nSPS) is 10.9. The summed E-state index contributed by atoms with van der Waals surface area (Å²) in [5.74, 6) is 2.05. The highest BCUT2D eigenvalue weighted by Gasteiger charge is 2.01. The number of halogens is 4. The molecule has 0 aliphatic rings. The average molecular weight is 412 g/mol. The van der Waals surface area contributed by atoms with Gasteiger partial charge in [0.15, 0.2) is 0 Å². The van der Waals surface area contributed by atoms with Gasteiger partial charge in [-0.05, 0) is 60.4 Å². The van der Waals surface area contributed by atoms with Gasteiger partial charge in [-0.15, -0.1) is 0 Å². The summed E-state index contributed by atoms with van der Waals surface area (Å²) in [5, 5.41) is 2.77. The summed E-state index contributed by atoms with van der Waals surface area (Å²) < 4.78 is 0. The Balaban J connectivity index is 1.67. The molecule has 0 saturated heterocycles. The molecular formula is C16H14Cl4S2.